The van der Waals surface area contributed by atoms with Gasteiger partial charge in [-0.25, -0.2) is 4.52 Å². The van der Waals surface area contributed by atoms with Crippen LogP contribution in [0.2, 0.25) is 0 Å². The standard InChI is InChI=1S/C19H18N4O/c24-18(14-16-6-3-5-15-4-1-2-7-17(15)16)20-10-11-22-12-13-23-19(22)8-9-21-23/h1-9,12-13H,10-11,14H2,(H,20,24). The smallest absolute Gasteiger partial charge is 0.224 e. The van der Waals surface area contributed by atoms with Crippen LogP contribution in [-0.4, -0.2) is 26.6 Å². The summed E-state index contributed by atoms with van der Waals surface area (Å²) in [6.07, 6.45) is 6.05. The molecule has 0 atom stereocenters. The quantitative estimate of drug-likeness (QED) is 0.615. The van der Waals surface area contributed by atoms with Gasteiger partial charge in [0.25, 0.3) is 0 Å². The normalized spacial score (nSPS) is 11.2. The highest BCUT2D eigenvalue weighted by atomic mass is 16.1. The fourth-order valence-electron chi connectivity index (χ4n) is 3.06. The Bertz CT molecular complexity index is 993. The van der Waals surface area contributed by atoms with Crippen molar-refractivity contribution in [2.45, 2.75) is 13.0 Å². The van der Waals surface area contributed by atoms with E-state index in [0.29, 0.717) is 13.0 Å². The topological polar surface area (TPSA) is 51.3 Å². The second kappa shape index (κ2) is 6.20. The van der Waals surface area contributed by atoms with Gasteiger partial charge in [-0.05, 0) is 16.3 Å². The van der Waals surface area contributed by atoms with Gasteiger partial charge in [-0.1, -0.05) is 42.5 Å². The first-order chi connectivity index (χ1) is 11.8. The molecule has 2 aromatic heterocycles. The summed E-state index contributed by atoms with van der Waals surface area (Å²) in [6.45, 7) is 1.32. The second-order valence-corrected chi connectivity index (χ2v) is 5.79. The lowest BCUT2D eigenvalue weighted by molar-refractivity contribution is -0.120. The molecule has 5 nitrogen and oxygen atoms in total. The zero-order valence-electron chi connectivity index (χ0n) is 13.2. The Labute approximate surface area is 139 Å². The lowest BCUT2D eigenvalue weighted by atomic mass is 10.0. The van der Waals surface area contributed by atoms with E-state index in [-0.39, 0.29) is 5.91 Å². The zero-order valence-corrected chi connectivity index (χ0v) is 13.2. The van der Waals surface area contributed by atoms with Crippen molar-refractivity contribution in [1.29, 1.82) is 0 Å². The van der Waals surface area contributed by atoms with E-state index in [9.17, 15) is 4.79 Å². The number of carbonyl (C=O) groups excluding carboxylic acids is 1. The minimum Gasteiger partial charge on any atom is -0.354 e. The molecule has 5 heteroatoms. The number of hydrogen-bond donors (Lipinski definition) is 1. The summed E-state index contributed by atoms with van der Waals surface area (Å²) in [5.74, 6) is 0.0445. The third-order valence-corrected chi connectivity index (χ3v) is 4.24. The predicted molar refractivity (Wildman–Crippen MR) is 93.8 cm³/mol. The van der Waals surface area contributed by atoms with Crippen molar-refractivity contribution in [2.75, 3.05) is 6.54 Å². The molecule has 0 bridgehead atoms. The van der Waals surface area contributed by atoms with Gasteiger partial charge < -0.3 is 9.88 Å². The van der Waals surface area contributed by atoms with E-state index in [1.807, 2.05) is 47.2 Å². The van der Waals surface area contributed by atoms with Gasteiger partial charge in [0.15, 0.2) is 0 Å². The van der Waals surface area contributed by atoms with Crippen LogP contribution < -0.4 is 5.32 Å². The van der Waals surface area contributed by atoms with Crippen LogP contribution in [0.3, 0.4) is 0 Å². The molecule has 4 aromatic rings. The van der Waals surface area contributed by atoms with Gasteiger partial charge in [0.05, 0.1) is 12.6 Å². The van der Waals surface area contributed by atoms with Crippen LogP contribution >= 0.6 is 0 Å². The summed E-state index contributed by atoms with van der Waals surface area (Å²) in [4.78, 5) is 12.3. The molecule has 1 N–H and O–H groups in total. The Morgan fingerprint density at radius 1 is 1.04 bits per heavy atom. The monoisotopic (exact) mass is 318 g/mol. The van der Waals surface area contributed by atoms with E-state index in [4.69, 9.17) is 0 Å². The highest BCUT2D eigenvalue weighted by Crippen LogP contribution is 2.18. The SMILES string of the molecule is O=C(Cc1cccc2ccccc12)NCCn1ccn2nccc12. The molecule has 0 spiro atoms. The average molecular weight is 318 g/mol. The molecule has 0 saturated carbocycles. The molecule has 2 heterocycles. The molecule has 24 heavy (non-hydrogen) atoms. The fraction of sp³-hybridized carbons (Fsp3) is 0.158. The Morgan fingerprint density at radius 3 is 2.88 bits per heavy atom. The molecule has 2 aromatic carbocycles. The molecule has 0 unspecified atom stereocenters. The molecule has 4 rings (SSSR count). The molecular weight excluding hydrogens is 300 g/mol. The molecule has 0 radical (unpaired) electrons. The molecule has 0 aliphatic rings. The van der Waals surface area contributed by atoms with Crippen LogP contribution in [0.25, 0.3) is 16.4 Å². The molecule has 0 aliphatic carbocycles. The number of benzene rings is 2. The van der Waals surface area contributed by atoms with Crippen LogP contribution in [-0.2, 0) is 17.8 Å². The zero-order chi connectivity index (χ0) is 16.4. The predicted octanol–water partition coefficient (Wildman–Crippen LogP) is 2.65. The maximum absolute atomic E-state index is 12.3. The van der Waals surface area contributed by atoms with E-state index in [2.05, 4.69) is 33.2 Å². The van der Waals surface area contributed by atoms with E-state index < -0.39 is 0 Å². The van der Waals surface area contributed by atoms with E-state index >= 15 is 0 Å². The first kappa shape index (κ1) is 14.5. The molecule has 0 fully saturated rings. The van der Waals surface area contributed by atoms with Gasteiger partial charge in [0.2, 0.25) is 5.91 Å². The Kier molecular flexibility index (Phi) is 3.75. The number of nitrogens with zero attached hydrogens (tertiary/aromatic N) is 3. The Hall–Kier alpha value is -3.08. The Balaban J connectivity index is 1.39. The summed E-state index contributed by atoms with van der Waals surface area (Å²) >= 11 is 0. The number of amides is 1. The number of aromatic nitrogens is 3. The highest BCUT2D eigenvalue weighted by molar-refractivity contribution is 5.90. The number of rotatable bonds is 5. The number of carbonyl (C=O) groups is 1. The van der Waals surface area contributed by atoms with E-state index in [1.165, 1.54) is 5.39 Å². The number of hydrogen-bond acceptors (Lipinski definition) is 2. The summed E-state index contributed by atoms with van der Waals surface area (Å²) in [7, 11) is 0. The maximum Gasteiger partial charge on any atom is 0.224 e. The number of nitrogens with one attached hydrogen (secondary N) is 1. The van der Waals surface area contributed by atoms with E-state index in [0.717, 1.165) is 23.1 Å². The first-order valence-corrected chi connectivity index (χ1v) is 8.03. The third kappa shape index (κ3) is 2.76. The Morgan fingerprint density at radius 2 is 1.92 bits per heavy atom. The van der Waals surface area contributed by atoms with Crippen LogP contribution in [0.1, 0.15) is 5.56 Å². The minimum absolute atomic E-state index is 0.0445. The van der Waals surface area contributed by atoms with Gasteiger partial charge in [-0.3, -0.25) is 4.79 Å². The maximum atomic E-state index is 12.3. The minimum atomic E-state index is 0.0445. The fourth-order valence-corrected chi connectivity index (χ4v) is 3.06. The number of fused-ring (bicyclic) bond motifs is 2. The molecule has 1 amide bonds. The molecule has 120 valence electrons. The van der Waals surface area contributed by atoms with Crippen molar-refractivity contribution in [3.05, 3.63) is 72.7 Å². The molecule has 0 aliphatic heterocycles. The van der Waals surface area contributed by atoms with Crippen molar-refractivity contribution >= 4 is 22.3 Å². The largest absolute Gasteiger partial charge is 0.354 e. The van der Waals surface area contributed by atoms with Crippen molar-refractivity contribution in [1.82, 2.24) is 19.5 Å². The molecule has 0 saturated heterocycles. The average Bonchev–Trinajstić information content (AvgIpc) is 3.20. The van der Waals surface area contributed by atoms with E-state index in [1.54, 1.807) is 6.20 Å². The lowest BCUT2D eigenvalue weighted by Crippen LogP contribution is -2.28. The van der Waals surface area contributed by atoms with Crippen LogP contribution in [0.4, 0.5) is 0 Å². The van der Waals surface area contributed by atoms with Crippen LogP contribution in [0, 0.1) is 0 Å². The van der Waals surface area contributed by atoms with Crippen molar-refractivity contribution < 1.29 is 4.79 Å². The summed E-state index contributed by atoms with van der Waals surface area (Å²) in [5.41, 5.74) is 2.09. The summed E-state index contributed by atoms with van der Waals surface area (Å²) in [5, 5.41) is 9.48. The van der Waals surface area contributed by atoms with Gasteiger partial charge in [0.1, 0.15) is 5.65 Å². The van der Waals surface area contributed by atoms with Gasteiger partial charge in [-0.15, -0.1) is 0 Å². The molecular formula is C19H18N4O. The second-order valence-electron chi connectivity index (χ2n) is 5.79. The van der Waals surface area contributed by atoms with Gasteiger partial charge in [0, 0.05) is 31.5 Å². The van der Waals surface area contributed by atoms with Gasteiger partial charge in [-0.2, -0.15) is 5.10 Å². The first-order valence-electron chi connectivity index (χ1n) is 8.03. The number of imidazole rings is 1. The summed E-state index contributed by atoms with van der Waals surface area (Å²) in [6, 6.07) is 16.2. The third-order valence-electron chi connectivity index (χ3n) is 4.24. The van der Waals surface area contributed by atoms with Gasteiger partial charge >= 0.3 is 0 Å². The van der Waals surface area contributed by atoms with Crippen molar-refractivity contribution in [2.24, 2.45) is 0 Å². The van der Waals surface area contributed by atoms with Crippen molar-refractivity contribution in [3.63, 3.8) is 0 Å². The summed E-state index contributed by atoms with van der Waals surface area (Å²) < 4.78 is 3.89. The van der Waals surface area contributed by atoms with Crippen LogP contribution in [0.5, 0.6) is 0 Å². The lowest BCUT2D eigenvalue weighted by Gasteiger charge is -2.08. The van der Waals surface area contributed by atoms with Crippen molar-refractivity contribution in [3.8, 4) is 0 Å². The highest BCUT2D eigenvalue weighted by Gasteiger charge is 2.07. The van der Waals surface area contributed by atoms with Crippen LogP contribution in [0.15, 0.2) is 67.1 Å².